The van der Waals surface area contributed by atoms with E-state index < -0.39 is 0 Å². The number of allylic oxidation sites excluding steroid dienone is 2. The fourth-order valence-electron chi connectivity index (χ4n) is 0.567. The first kappa shape index (κ1) is 7.94. The number of nitrogens with two attached hydrogens (primary N) is 1. The van der Waals surface area contributed by atoms with Crippen LogP contribution >= 0.6 is 20.7 Å². The summed E-state index contributed by atoms with van der Waals surface area (Å²) in [6.45, 7) is 1.20. The first-order chi connectivity index (χ1) is 4.93. The molecule has 0 saturated heterocycles. The van der Waals surface area contributed by atoms with E-state index in [1.807, 2.05) is 12.2 Å². The molecule has 0 spiro atoms. The van der Waals surface area contributed by atoms with Crippen molar-refractivity contribution in [3.8, 4) is 0 Å². The molecule has 0 aromatic heterocycles. The van der Waals surface area contributed by atoms with Crippen LogP contribution in [-0.4, -0.2) is 17.2 Å². The van der Waals surface area contributed by atoms with Gasteiger partial charge in [-0.15, -0.1) is 0 Å². The Morgan fingerprint density at radius 3 is 3.10 bits per heavy atom. The van der Waals surface area contributed by atoms with Gasteiger partial charge in [-0.2, -0.15) is 0 Å². The van der Waals surface area contributed by atoms with Crippen LogP contribution in [0.5, 0.6) is 0 Å². The second-order valence-electron chi connectivity index (χ2n) is 1.75. The summed E-state index contributed by atoms with van der Waals surface area (Å²) in [4.78, 5) is 0. The smallest absolute Gasteiger partial charge is 0.120 e. The van der Waals surface area contributed by atoms with E-state index in [1.54, 1.807) is 0 Å². The van der Waals surface area contributed by atoms with Gasteiger partial charge in [-0.3, -0.25) is 0 Å². The maximum absolute atomic E-state index is 5.27. The molecule has 0 aliphatic carbocycles. The first-order valence-corrected chi connectivity index (χ1v) is 5.57. The maximum atomic E-state index is 5.27. The molecule has 0 atom stereocenters. The van der Waals surface area contributed by atoms with Crippen molar-refractivity contribution in [3.63, 3.8) is 0 Å². The minimum atomic E-state index is 0.178. The zero-order valence-electron chi connectivity index (χ0n) is 5.59. The average Bonchev–Trinajstić information content (AvgIpc) is 2.03. The Balaban J connectivity index is 2.35. The van der Waals surface area contributed by atoms with Crippen molar-refractivity contribution >= 4 is 24.7 Å². The van der Waals surface area contributed by atoms with Gasteiger partial charge in [0.05, 0.1) is 0 Å². The van der Waals surface area contributed by atoms with Gasteiger partial charge in [-0.1, -0.05) is 20.7 Å². The molecular formula is C7H10INO. The molecule has 0 aromatic rings. The molecule has 0 radical (unpaired) electrons. The van der Waals surface area contributed by atoms with Gasteiger partial charge in [0.2, 0.25) is 0 Å². The van der Waals surface area contributed by atoms with Crippen molar-refractivity contribution < 1.29 is 4.74 Å². The second-order valence-corrected chi connectivity index (χ2v) is 3.91. The van der Waals surface area contributed by atoms with E-state index >= 15 is 0 Å². The third-order valence-electron chi connectivity index (χ3n) is 0.987. The molecule has 3 heteroatoms. The lowest BCUT2D eigenvalue weighted by molar-refractivity contribution is 0.234. The van der Waals surface area contributed by atoms with Crippen molar-refractivity contribution in [2.24, 2.45) is 5.73 Å². The molecule has 1 heterocycles. The summed E-state index contributed by atoms with van der Waals surface area (Å²) < 4.78 is 9.61. The summed E-state index contributed by atoms with van der Waals surface area (Å²) in [5.41, 5.74) is 5.27. The lowest BCUT2D eigenvalue weighted by atomic mass is 10.4. The predicted octanol–water partition coefficient (Wildman–Crippen LogP) is 1.15. The van der Waals surface area contributed by atoms with Gasteiger partial charge in [-0.25, -0.2) is 0 Å². The number of ether oxygens (including phenoxy) is 1. The topological polar surface area (TPSA) is 35.2 Å². The zero-order valence-corrected chi connectivity index (χ0v) is 7.74. The van der Waals surface area contributed by atoms with Crippen molar-refractivity contribution in [2.45, 2.75) is 0 Å². The molecule has 0 saturated carbocycles. The van der Waals surface area contributed by atoms with Gasteiger partial charge in [0, 0.05) is 6.54 Å². The molecule has 0 fully saturated rings. The van der Waals surface area contributed by atoms with E-state index in [9.17, 15) is 0 Å². The lowest BCUT2D eigenvalue weighted by Gasteiger charge is -2.04. The van der Waals surface area contributed by atoms with Gasteiger partial charge in [0.1, 0.15) is 12.4 Å². The van der Waals surface area contributed by atoms with Gasteiger partial charge >= 0.3 is 0 Å². The number of hydrogen-bond acceptors (Lipinski definition) is 2. The highest BCUT2D eigenvalue weighted by Gasteiger charge is 1.91. The quantitative estimate of drug-likeness (QED) is 0.763. The molecule has 1 aliphatic heterocycles. The van der Waals surface area contributed by atoms with Gasteiger partial charge < -0.3 is 10.5 Å². The molecule has 0 unspecified atom stereocenters. The Kier molecular flexibility index (Phi) is 3.67. The number of halogens is 1. The van der Waals surface area contributed by atoms with E-state index in [0.29, 0.717) is 13.2 Å². The van der Waals surface area contributed by atoms with Gasteiger partial charge in [-0.05, 0) is 20.2 Å². The van der Waals surface area contributed by atoms with Crippen LogP contribution in [0.3, 0.4) is 0 Å². The highest BCUT2D eigenvalue weighted by Crippen LogP contribution is 2.09. The van der Waals surface area contributed by atoms with Crippen LogP contribution in [0.15, 0.2) is 22.0 Å². The normalized spacial score (nSPS) is 15.9. The van der Waals surface area contributed by atoms with Crippen LogP contribution in [0.1, 0.15) is 0 Å². The average molecular weight is 251 g/mol. The van der Waals surface area contributed by atoms with E-state index in [2.05, 4.69) is 8.09 Å². The van der Waals surface area contributed by atoms with Crippen molar-refractivity contribution in [1.29, 1.82) is 0 Å². The fourth-order valence-corrected chi connectivity index (χ4v) is 1.93. The summed E-state index contributed by atoms with van der Waals surface area (Å²) in [6.07, 6.45) is 4.03. The van der Waals surface area contributed by atoms with Crippen molar-refractivity contribution in [2.75, 3.05) is 13.2 Å². The Bertz CT molecular complexity index is 184. The van der Waals surface area contributed by atoms with Crippen LogP contribution in [0.25, 0.3) is 0 Å². The predicted molar refractivity (Wildman–Crippen MR) is 52.3 cm³/mol. The summed E-state index contributed by atoms with van der Waals surface area (Å²) in [5, 5.41) is 0. The van der Waals surface area contributed by atoms with E-state index in [0.717, 1.165) is 5.76 Å². The SMILES string of the molecule is NCCOC1=CC=IC=C1. The van der Waals surface area contributed by atoms with Gasteiger partial charge in [0.15, 0.2) is 0 Å². The van der Waals surface area contributed by atoms with Crippen LogP contribution in [0, 0.1) is 0 Å². The molecule has 1 aliphatic rings. The molecular weight excluding hydrogens is 241 g/mol. The molecule has 10 heavy (non-hydrogen) atoms. The molecule has 56 valence electrons. The summed E-state index contributed by atoms with van der Waals surface area (Å²) >= 11 is 0.178. The highest BCUT2D eigenvalue weighted by atomic mass is 127. The van der Waals surface area contributed by atoms with Crippen molar-refractivity contribution in [3.05, 3.63) is 22.0 Å². The fraction of sp³-hybridized carbons (Fsp3) is 0.286. The van der Waals surface area contributed by atoms with Crippen molar-refractivity contribution in [1.82, 2.24) is 0 Å². The van der Waals surface area contributed by atoms with Crippen LogP contribution in [0.4, 0.5) is 0 Å². The number of rotatable bonds is 3. The minimum Gasteiger partial charge on any atom is -0.492 e. The van der Waals surface area contributed by atoms with Crippen LogP contribution < -0.4 is 5.73 Å². The molecule has 0 amide bonds. The first-order valence-electron chi connectivity index (χ1n) is 3.08. The third-order valence-corrected chi connectivity index (χ3v) is 2.54. The zero-order chi connectivity index (χ0) is 7.23. The molecule has 2 N–H and O–H groups in total. The monoisotopic (exact) mass is 251 g/mol. The molecule has 2 nitrogen and oxygen atoms in total. The molecule has 1 rings (SSSR count). The Hall–Kier alpha value is -0.160. The standard InChI is InChI=1S/C7H10INO/c9-5-6-10-7-1-3-8-4-2-7/h1-4H,5-6,9H2. The summed E-state index contributed by atoms with van der Waals surface area (Å²) in [5.74, 6) is 0.941. The van der Waals surface area contributed by atoms with E-state index in [-0.39, 0.29) is 20.7 Å². The molecule has 0 aromatic carbocycles. The Morgan fingerprint density at radius 1 is 1.60 bits per heavy atom. The Labute approximate surface area is 70.5 Å². The highest BCUT2D eigenvalue weighted by molar-refractivity contribution is 14.2. The maximum Gasteiger partial charge on any atom is 0.120 e. The number of hydrogen-bond donors (Lipinski definition) is 1. The van der Waals surface area contributed by atoms with Gasteiger partial charge in [0.25, 0.3) is 0 Å². The minimum absolute atomic E-state index is 0.178. The lowest BCUT2D eigenvalue weighted by Crippen LogP contribution is -2.07. The largest absolute Gasteiger partial charge is 0.492 e. The molecule has 0 bridgehead atoms. The van der Waals surface area contributed by atoms with E-state index in [1.165, 1.54) is 0 Å². The van der Waals surface area contributed by atoms with E-state index in [4.69, 9.17) is 10.5 Å². The summed E-state index contributed by atoms with van der Waals surface area (Å²) in [6, 6.07) is 0. The third kappa shape index (κ3) is 2.62. The van der Waals surface area contributed by atoms with Crippen LogP contribution in [0.2, 0.25) is 0 Å². The van der Waals surface area contributed by atoms with Crippen LogP contribution in [-0.2, 0) is 4.74 Å². The summed E-state index contributed by atoms with van der Waals surface area (Å²) in [7, 11) is 0. The second kappa shape index (κ2) is 4.62. The Morgan fingerprint density at radius 2 is 2.50 bits per heavy atom.